The fourth-order valence-corrected chi connectivity index (χ4v) is 2.87. The second kappa shape index (κ2) is 7.15. The Balaban J connectivity index is 2.24. The van der Waals surface area contributed by atoms with Gasteiger partial charge in [-0.1, -0.05) is 12.1 Å². The summed E-state index contributed by atoms with van der Waals surface area (Å²) in [5, 5.41) is 0. The molecule has 0 saturated carbocycles. The normalized spacial score (nSPS) is 11.0. The lowest BCUT2D eigenvalue weighted by Gasteiger charge is -2.13. The number of hydrogen-bond donors (Lipinski definition) is 2. The molecule has 0 bridgehead atoms. The van der Waals surface area contributed by atoms with Crippen molar-refractivity contribution >= 4 is 15.7 Å². The van der Waals surface area contributed by atoms with Crippen LogP contribution in [-0.2, 0) is 10.0 Å². The molecular weight excluding hydrogens is 304 g/mol. The molecule has 0 aliphatic rings. The molecule has 2 aromatic rings. The van der Waals surface area contributed by atoms with Gasteiger partial charge in [-0.15, -0.1) is 0 Å². The average Bonchev–Trinajstić information content (AvgIpc) is 2.54. The molecule has 0 heterocycles. The Kier molecular flexibility index (Phi) is 5.24. The third-order valence-corrected chi connectivity index (χ3v) is 4.26. The molecule has 0 aromatic heterocycles. The molecule has 2 rings (SSSR count). The number of nitrogens with one attached hydrogen (secondary N) is 1. The van der Waals surface area contributed by atoms with Crippen LogP contribution in [0.15, 0.2) is 53.4 Å². The first-order chi connectivity index (χ1) is 10.6. The molecule has 0 aliphatic carbocycles. The second-order valence-electron chi connectivity index (χ2n) is 4.41. The van der Waals surface area contributed by atoms with Gasteiger partial charge in [-0.05, 0) is 36.4 Å². The van der Waals surface area contributed by atoms with E-state index in [9.17, 15) is 8.42 Å². The minimum absolute atomic E-state index is 0.141. The lowest BCUT2D eigenvalue weighted by atomic mass is 10.3. The Hall–Kier alpha value is -2.25. The third-order valence-electron chi connectivity index (χ3n) is 2.88. The van der Waals surface area contributed by atoms with Gasteiger partial charge >= 0.3 is 0 Å². The molecule has 7 heteroatoms. The smallest absolute Gasteiger partial charge is 0.262 e. The Morgan fingerprint density at radius 2 is 1.77 bits per heavy atom. The highest BCUT2D eigenvalue weighted by Gasteiger charge is 2.16. The average molecular weight is 322 g/mol. The van der Waals surface area contributed by atoms with E-state index in [-0.39, 0.29) is 4.90 Å². The van der Waals surface area contributed by atoms with Gasteiger partial charge in [-0.2, -0.15) is 0 Å². The summed E-state index contributed by atoms with van der Waals surface area (Å²) in [5.74, 6) is 1.02. The van der Waals surface area contributed by atoms with Crippen LogP contribution >= 0.6 is 0 Å². The number of benzene rings is 2. The first-order valence-electron chi connectivity index (χ1n) is 6.65. The Morgan fingerprint density at radius 1 is 1.09 bits per heavy atom. The Morgan fingerprint density at radius 3 is 2.41 bits per heavy atom. The van der Waals surface area contributed by atoms with Gasteiger partial charge in [0, 0.05) is 6.54 Å². The maximum atomic E-state index is 12.4. The van der Waals surface area contributed by atoms with Crippen LogP contribution in [0, 0.1) is 0 Å². The number of para-hydroxylation sites is 2. The van der Waals surface area contributed by atoms with Crippen molar-refractivity contribution in [2.24, 2.45) is 5.73 Å². The quantitative estimate of drug-likeness (QED) is 0.811. The predicted octanol–water partition coefficient (Wildman–Crippen LogP) is 1.83. The monoisotopic (exact) mass is 322 g/mol. The lowest BCUT2D eigenvalue weighted by Crippen LogP contribution is -2.15. The SMILES string of the molecule is COc1ccc(S(=O)(=O)Nc2ccccc2OCCN)cc1. The zero-order valence-electron chi connectivity index (χ0n) is 12.2. The van der Waals surface area contributed by atoms with Crippen molar-refractivity contribution in [2.75, 3.05) is 25.0 Å². The van der Waals surface area contributed by atoms with Crippen LogP contribution in [0.25, 0.3) is 0 Å². The zero-order valence-corrected chi connectivity index (χ0v) is 13.0. The van der Waals surface area contributed by atoms with E-state index in [1.165, 1.54) is 19.2 Å². The first kappa shape index (κ1) is 16.1. The molecular formula is C15H18N2O4S. The highest BCUT2D eigenvalue weighted by atomic mass is 32.2. The summed E-state index contributed by atoms with van der Waals surface area (Å²) in [4.78, 5) is 0.141. The van der Waals surface area contributed by atoms with E-state index < -0.39 is 10.0 Å². The first-order valence-corrected chi connectivity index (χ1v) is 8.14. The molecule has 0 fully saturated rings. The van der Waals surface area contributed by atoms with Crippen molar-refractivity contribution in [1.29, 1.82) is 0 Å². The van der Waals surface area contributed by atoms with Gasteiger partial charge in [0.05, 0.1) is 17.7 Å². The van der Waals surface area contributed by atoms with Gasteiger partial charge in [-0.25, -0.2) is 8.42 Å². The van der Waals surface area contributed by atoms with Crippen LogP contribution in [0.1, 0.15) is 0 Å². The van der Waals surface area contributed by atoms with Crippen LogP contribution in [0.3, 0.4) is 0 Å². The topological polar surface area (TPSA) is 90.7 Å². The number of ether oxygens (including phenoxy) is 2. The summed E-state index contributed by atoms with van der Waals surface area (Å²) < 4.78 is 37.8. The maximum absolute atomic E-state index is 12.4. The van der Waals surface area contributed by atoms with E-state index >= 15 is 0 Å². The summed E-state index contributed by atoms with van der Waals surface area (Å²) in [6.45, 7) is 0.654. The minimum atomic E-state index is -3.70. The van der Waals surface area contributed by atoms with Crippen LogP contribution in [0.5, 0.6) is 11.5 Å². The standard InChI is InChI=1S/C15H18N2O4S/c1-20-12-6-8-13(9-7-12)22(18,19)17-14-4-2-3-5-15(14)21-11-10-16/h2-9,17H,10-11,16H2,1H3. The minimum Gasteiger partial charge on any atom is -0.497 e. The van der Waals surface area contributed by atoms with Crippen molar-refractivity contribution in [1.82, 2.24) is 0 Å². The molecule has 0 amide bonds. The highest BCUT2D eigenvalue weighted by molar-refractivity contribution is 7.92. The summed E-state index contributed by atoms with van der Waals surface area (Å²) in [6, 6.07) is 12.9. The fraction of sp³-hybridized carbons (Fsp3) is 0.200. The number of sulfonamides is 1. The van der Waals surface area contributed by atoms with Gasteiger partial charge in [0.2, 0.25) is 0 Å². The number of rotatable bonds is 7. The van der Waals surface area contributed by atoms with E-state index in [1.54, 1.807) is 36.4 Å². The van der Waals surface area contributed by atoms with E-state index in [0.717, 1.165) is 0 Å². The number of hydrogen-bond acceptors (Lipinski definition) is 5. The van der Waals surface area contributed by atoms with E-state index in [4.69, 9.17) is 15.2 Å². The molecule has 0 saturated heterocycles. The summed E-state index contributed by atoms with van der Waals surface area (Å²) in [5.41, 5.74) is 5.76. The highest BCUT2D eigenvalue weighted by Crippen LogP contribution is 2.27. The van der Waals surface area contributed by atoms with Crippen molar-refractivity contribution < 1.29 is 17.9 Å². The van der Waals surface area contributed by atoms with E-state index in [2.05, 4.69) is 4.72 Å². The van der Waals surface area contributed by atoms with Crippen LogP contribution < -0.4 is 19.9 Å². The Labute approximate surface area is 129 Å². The summed E-state index contributed by atoms with van der Waals surface area (Å²) in [7, 11) is -2.18. The van der Waals surface area contributed by atoms with Gasteiger partial charge in [-0.3, -0.25) is 4.72 Å². The molecule has 6 nitrogen and oxygen atoms in total. The van der Waals surface area contributed by atoms with Crippen molar-refractivity contribution in [3.05, 3.63) is 48.5 Å². The van der Waals surface area contributed by atoms with Crippen LogP contribution in [-0.4, -0.2) is 28.7 Å². The second-order valence-corrected chi connectivity index (χ2v) is 6.10. The van der Waals surface area contributed by atoms with Crippen LogP contribution in [0.2, 0.25) is 0 Å². The van der Waals surface area contributed by atoms with Gasteiger partial charge in [0.25, 0.3) is 10.0 Å². The molecule has 2 aromatic carbocycles. The summed E-state index contributed by atoms with van der Waals surface area (Å²) >= 11 is 0. The lowest BCUT2D eigenvalue weighted by molar-refractivity contribution is 0.330. The van der Waals surface area contributed by atoms with Crippen LogP contribution in [0.4, 0.5) is 5.69 Å². The molecule has 0 unspecified atom stereocenters. The zero-order chi connectivity index (χ0) is 16.0. The molecule has 0 atom stereocenters. The number of methoxy groups -OCH3 is 1. The molecule has 0 radical (unpaired) electrons. The van der Waals surface area contributed by atoms with Crippen molar-refractivity contribution in [3.8, 4) is 11.5 Å². The summed E-state index contributed by atoms with van der Waals surface area (Å²) in [6.07, 6.45) is 0. The predicted molar refractivity (Wildman–Crippen MR) is 84.8 cm³/mol. The number of anilines is 1. The van der Waals surface area contributed by atoms with Crippen molar-refractivity contribution in [2.45, 2.75) is 4.90 Å². The number of nitrogens with two attached hydrogens (primary N) is 1. The van der Waals surface area contributed by atoms with Gasteiger partial charge < -0.3 is 15.2 Å². The third kappa shape index (κ3) is 3.90. The Bertz CT molecular complexity index is 715. The largest absolute Gasteiger partial charge is 0.497 e. The molecule has 0 spiro atoms. The molecule has 0 aliphatic heterocycles. The van der Waals surface area contributed by atoms with E-state index in [0.29, 0.717) is 30.3 Å². The van der Waals surface area contributed by atoms with E-state index in [1.807, 2.05) is 0 Å². The molecule has 118 valence electrons. The fourth-order valence-electron chi connectivity index (χ4n) is 1.80. The van der Waals surface area contributed by atoms with Gasteiger partial charge in [0.15, 0.2) is 0 Å². The van der Waals surface area contributed by atoms with Gasteiger partial charge in [0.1, 0.15) is 18.1 Å². The molecule has 22 heavy (non-hydrogen) atoms. The van der Waals surface area contributed by atoms with Crippen molar-refractivity contribution in [3.63, 3.8) is 0 Å². The molecule has 3 N–H and O–H groups in total. The maximum Gasteiger partial charge on any atom is 0.262 e.